The largest absolute Gasteiger partial charge is 0.460 e. The molecule has 0 amide bonds. The smallest absolute Gasteiger partial charge is 0.205 e. The van der Waals surface area contributed by atoms with Crippen LogP contribution >= 0.6 is 23.2 Å². The van der Waals surface area contributed by atoms with Crippen LogP contribution < -0.4 is 5.73 Å². The van der Waals surface area contributed by atoms with Crippen molar-refractivity contribution in [3.8, 4) is 17.4 Å². The van der Waals surface area contributed by atoms with Gasteiger partial charge in [-0.3, -0.25) is 4.79 Å². The molecular formula is C20H14Cl2N2O3. The molecule has 4 rings (SSSR count). The van der Waals surface area contributed by atoms with E-state index in [1.807, 2.05) is 0 Å². The van der Waals surface area contributed by atoms with Crippen molar-refractivity contribution in [3.63, 3.8) is 0 Å². The number of allylic oxidation sites excluding steroid dienone is 3. The van der Waals surface area contributed by atoms with E-state index >= 15 is 0 Å². The Morgan fingerprint density at radius 3 is 2.78 bits per heavy atom. The van der Waals surface area contributed by atoms with Gasteiger partial charge in [0.05, 0.1) is 10.9 Å². The molecule has 0 spiro atoms. The van der Waals surface area contributed by atoms with Crippen molar-refractivity contribution in [1.82, 2.24) is 0 Å². The third kappa shape index (κ3) is 3.01. The highest BCUT2D eigenvalue weighted by Crippen LogP contribution is 2.45. The molecule has 0 bridgehead atoms. The van der Waals surface area contributed by atoms with Gasteiger partial charge in [-0.15, -0.1) is 0 Å². The van der Waals surface area contributed by atoms with Crippen LogP contribution in [-0.2, 0) is 9.53 Å². The Morgan fingerprint density at radius 1 is 1.19 bits per heavy atom. The maximum Gasteiger partial charge on any atom is 0.205 e. The van der Waals surface area contributed by atoms with Gasteiger partial charge < -0.3 is 14.9 Å². The second-order valence-corrected chi connectivity index (χ2v) is 7.21. The standard InChI is InChI=1S/C20H14Cl2N2O3/c21-10-4-5-13(22)11(8-10)15-6-7-17(26-15)18-12(9-23)20(24)27-16-3-1-2-14(25)19(16)18/h4-8,18H,1-3,24H2. The van der Waals surface area contributed by atoms with Crippen molar-refractivity contribution in [2.45, 2.75) is 25.2 Å². The summed E-state index contributed by atoms with van der Waals surface area (Å²) in [6.07, 6.45) is 1.71. The quantitative estimate of drug-likeness (QED) is 0.759. The van der Waals surface area contributed by atoms with Gasteiger partial charge in [0, 0.05) is 29.0 Å². The zero-order chi connectivity index (χ0) is 19.1. The minimum atomic E-state index is -0.682. The molecule has 2 aromatic rings. The van der Waals surface area contributed by atoms with E-state index in [9.17, 15) is 10.1 Å². The summed E-state index contributed by atoms with van der Waals surface area (Å²) in [6.45, 7) is 0. The number of halogens is 2. The first-order chi connectivity index (χ1) is 13.0. The van der Waals surface area contributed by atoms with E-state index in [2.05, 4.69) is 6.07 Å². The molecule has 0 saturated carbocycles. The lowest BCUT2D eigenvalue weighted by Crippen LogP contribution is -2.27. The SMILES string of the molecule is N#CC1=C(N)OC2=C(C(=O)CCC2)C1c1ccc(-c2cc(Cl)ccc2Cl)o1. The third-order valence-corrected chi connectivity index (χ3v) is 5.27. The summed E-state index contributed by atoms with van der Waals surface area (Å²) in [6, 6.07) is 10.6. The Kier molecular flexibility index (Phi) is 4.47. The highest BCUT2D eigenvalue weighted by atomic mass is 35.5. The number of nitriles is 1. The molecule has 1 atom stereocenters. The van der Waals surface area contributed by atoms with E-state index in [1.54, 1.807) is 30.3 Å². The number of ether oxygens (including phenoxy) is 1. The first-order valence-electron chi connectivity index (χ1n) is 8.38. The lowest BCUT2D eigenvalue weighted by atomic mass is 9.80. The normalized spacial score (nSPS) is 19.6. The summed E-state index contributed by atoms with van der Waals surface area (Å²) in [7, 11) is 0. The predicted molar refractivity (Wildman–Crippen MR) is 101 cm³/mol. The maximum absolute atomic E-state index is 12.6. The number of furan rings is 1. The van der Waals surface area contributed by atoms with Gasteiger partial charge in [0.15, 0.2) is 5.78 Å². The van der Waals surface area contributed by atoms with Crippen molar-refractivity contribution < 1.29 is 13.9 Å². The molecule has 1 aromatic carbocycles. The number of carbonyl (C=O) groups excluding carboxylic acids is 1. The molecule has 1 aromatic heterocycles. The van der Waals surface area contributed by atoms with E-state index < -0.39 is 5.92 Å². The van der Waals surface area contributed by atoms with E-state index in [1.165, 1.54) is 0 Å². The Bertz CT molecular complexity index is 1060. The Labute approximate surface area is 165 Å². The molecule has 0 radical (unpaired) electrons. The number of carbonyl (C=O) groups is 1. The summed E-state index contributed by atoms with van der Waals surface area (Å²) >= 11 is 12.3. The predicted octanol–water partition coefficient (Wildman–Crippen LogP) is 5.07. The van der Waals surface area contributed by atoms with Crippen molar-refractivity contribution in [3.05, 3.63) is 68.9 Å². The van der Waals surface area contributed by atoms with Crippen molar-refractivity contribution in [2.75, 3.05) is 0 Å². The van der Waals surface area contributed by atoms with Crippen LogP contribution in [0.5, 0.6) is 0 Å². The van der Waals surface area contributed by atoms with Crippen LogP contribution in [0, 0.1) is 11.3 Å². The van der Waals surface area contributed by atoms with E-state index in [-0.39, 0.29) is 17.2 Å². The molecule has 2 heterocycles. The molecule has 5 nitrogen and oxygen atoms in total. The van der Waals surface area contributed by atoms with Crippen LogP contribution in [0.1, 0.15) is 30.9 Å². The van der Waals surface area contributed by atoms with Crippen LogP contribution in [0.25, 0.3) is 11.3 Å². The average Bonchev–Trinajstić information content (AvgIpc) is 3.12. The number of rotatable bonds is 2. The summed E-state index contributed by atoms with van der Waals surface area (Å²) in [4.78, 5) is 12.6. The first-order valence-corrected chi connectivity index (χ1v) is 9.14. The molecule has 1 unspecified atom stereocenters. The Hall–Kier alpha value is -2.68. The molecule has 0 saturated heterocycles. The van der Waals surface area contributed by atoms with Gasteiger partial charge in [-0.25, -0.2) is 0 Å². The van der Waals surface area contributed by atoms with Crippen molar-refractivity contribution >= 4 is 29.0 Å². The first kappa shape index (κ1) is 17.7. The van der Waals surface area contributed by atoms with Gasteiger partial charge in [-0.1, -0.05) is 23.2 Å². The number of hydrogen-bond acceptors (Lipinski definition) is 5. The Morgan fingerprint density at radius 2 is 2.00 bits per heavy atom. The van der Waals surface area contributed by atoms with Crippen LogP contribution in [0.3, 0.4) is 0 Å². The molecular weight excluding hydrogens is 387 g/mol. The van der Waals surface area contributed by atoms with E-state index in [4.69, 9.17) is 38.1 Å². The number of nitrogens with two attached hydrogens (primary N) is 1. The second-order valence-electron chi connectivity index (χ2n) is 6.36. The number of nitrogens with zero attached hydrogens (tertiary/aromatic N) is 1. The fourth-order valence-electron chi connectivity index (χ4n) is 3.48. The topological polar surface area (TPSA) is 89.3 Å². The van der Waals surface area contributed by atoms with Crippen molar-refractivity contribution in [2.24, 2.45) is 5.73 Å². The molecule has 7 heteroatoms. The van der Waals surface area contributed by atoms with Crippen LogP contribution in [0.4, 0.5) is 0 Å². The number of Topliss-reactive ketones (excluding diaryl/α,β-unsaturated/α-hetero) is 1. The summed E-state index contributed by atoms with van der Waals surface area (Å²) < 4.78 is 11.6. The minimum Gasteiger partial charge on any atom is -0.460 e. The lowest BCUT2D eigenvalue weighted by Gasteiger charge is -2.29. The number of ketones is 1. The highest BCUT2D eigenvalue weighted by molar-refractivity contribution is 6.35. The van der Waals surface area contributed by atoms with Crippen molar-refractivity contribution in [1.29, 1.82) is 5.26 Å². The molecule has 2 N–H and O–H groups in total. The zero-order valence-electron chi connectivity index (χ0n) is 14.1. The molecule has 1 aliphatic heterocycles. The van der Waals surface area contributed by atoms with Gasteiger partial charge in [0.25, 0.3) is 0 Å². The van der Waals surface area contributed by atoms with Crippen LogP contribution in [0.15, 0.2) is 57.5 Å². The van der Waals surface area contributed by atoms with Gasteiger partial charge in [0.1, 0.15) is 28.9 Å². The average molecular weight is 401 g/mol. The van der Waals surface area contributed by atoms with E-state index in [0.29, 0.717) is 57.7 Å². The maximum atomic E-state index is 12.6. The molecule has 0 fully saturated rings. The number of hydrogen-bond donors (Lipinski definition) is 1. The Balaban J connectivity index is 1.83. The number of benzene rings is 1. The molecule has 2 aliphatic rings. The fraction of sp³-hybridized carbons (Fsp3) is 0.200. The highest BCUT2D eigenvalue weighted by Gasteiger charge is 2.39. The minimum absolute atomic E-state index is 0.00897. The van der Waals surface area contributed by atoms with Gasteiger partial charge in [-0.05, 0) is 36.8 Å². The lowest BCUT2D eigenvalue weighted by molar-refractivity contribution is -0.116. The summed E-state index contributed by atoms with van der Waals surface area (Å²) in [5.41, 5.74) is 7.19. The zero-order valence-corrected chi connectivity index (χ0v) is 15.6. The molecule has 136 valence electrons. The summed E-state index contributed by atoms with van der Waals surface area (Å²) in [5.74, 6) is 0.719. The molecule has 27 heavy (non-hydrogen) atoms. The molecule has 1 aliphatic carbocycles. The van der Waals surface area contributed by atoms with Gasteiger partial charge in [0.2, 0.25) is 5.88 Å². The summed E-state index contributed by atoms with van der Waals surface area (Å²) in [5, 5.41) is 10.6. The van der Waals surface area contributed by atoms with Gasteiger partial charge in [-0.2, -0.15) is 5.26 Å². The van der Waals surface area contributed by atoms with Gasteiger partial charge >= 0.3 is 0 Å². The second kappa shape index (κ2) is 6.80. The van der Waals surface area contributed by atoms with E-state index in [0.717, 1.165) is 0 Å². The van der Waals surface area contributed by atoms with Crippen LogP contribution in [0.2, 0.25) is 10.0 Å². The van der Waals surface area contributed by atoms with Crippen LogP contribution in [-0.4, -0.2) is 5.78 Å². The monoisotopic (exact) mass is 400 g/mol. The third-order valence-electron chi connectivity index (χ3n) is 4.71. The fourth-order valence-corrected chi connectivity index (χ4v) is 3.86.